The van der Waals surface area contributed by atoms with Gasteiger partial charge in [0.15, 0.2) is 5.69 Å². The summed E-state index contributed by atoms with van der Waals surface area (Å²) in [5.74, 6) is 1.04. The lowest BCUT2D eigenvalue weighted by atomic mass is 10.1. The van der Waals surface area contributed by atoms with E-state index < -0.39 is 6.23 Å². The van der Waals surface area contributed by atoms with E-state index in [0.717, 1.165) is 26.9 Å². The summed E-state index contributed by atoms with van der Waals surface area (Å²) in [4.78, 5) is 19.1. The molecule has 158 valence electrons. The van der Waals surface area contributed by atoms with Gasteiger partial charge in [0.05, 0.1) is 5.69 Å². The number of aromatic nitrogens is 3. The number of thioether (sulfide) groups is 1. The third-order valence-electron chi connectivity index (χ3n) is 4.76. The Bertz CT molecular complexity index is 1150. The molecule has 0 spiro atoms. The molecule has 0 saturated carbocycles. The average Bonchev–Trinajstić information content (AvgIpc) is 2.89. The maximum Gasteiger partial charge on any atom is 0.247 e. The molecule has 1 atom stereocenters. The normalized spacial score (nSPS) is 15.5. The van der Waals surface area contributed by atoms with Gasteiger partial charge < -0.3 is 4.74 Å². The zero-order chi connectivity index (χ0) is 22.0. The van der Waals surface area contributed by atoms with E-state index >= 15 is 0 Å². The van der Waals surface area contributed by atoms with Gasteiger partial charge in [0.2, 0.25) is 23.2 Å². The number of halogens is 1. The van der Waals surface area contributed by atoms with Gasteiger partial charge in [-0.1, -0.05) is 71.0 Å². The molecule has 0 saturated heterocycles. The van der Waals surface area contributed by atoms with E-state index in [4.69, 9.17) is 4.74 Å². The highest BCUT2D eigenvalue weighted by atomic mass is 79.9. The lowest BCUT2D eigenvalue weighted by Crippen LogP contribution is -2.43. The number of hydrogen-bond acceptors (Lipinski definition) is 6. The molecule has 3 aromatic rings. The number of amides is 1. The van der Waals surface area contributed by atoms with Crippen LogP contribution in [0.5, 0.6) is 5.88 Å². The standard InChI is InChI=1S/C23H21BrN4O2S/c1-4-31-23-25-21-20(26-27-23)18-13-17(24)10-11-19(18)28(15(3)29)22(30-21)14(2)12-16-8-6-5-7-9-16/h5-13,22H,4H2,1-3H3/b14-12-/t22-/m0/s1. The Labute approximate surface area is 193 Å². The number of nitrogens with zero attached hydrogens (tertiary/aromatic N) is 4. The van der Waals surface area contributed by atoms with Crippen LogP contribution >= 0.6 is 27.7 Å². The van der Waals surface area contributed by atoms with Gasteiger partial charge in [-0.05, 0) is 42.0 Å². The predicted octanol–water partition coefficient (Wildman–Crippen LogP) is 5.59. The van der Waals surface area contributed by atoms with Crippen LogP contribution in [0.15, 0.2) is 63.7 Å². The third kappa shape index (κ3) is 4.50. The van der Waals surface area contributed by atoms with Crippen LogP contribution in [0.2, 0.25) is 0 Å². The lowest BCUT2D eigenvalue weighted by Gasteiger charge is -2.30. The number of anilines is 1. The van der Waals surface area contributed by atoms with Crippen molar-refractivity contribution in [2.24, 2.45) is 0 Å². The van der Waals surface area contributed by atoms with Gasteiger partial charge >= 0.3 is 0 Å². The Kier molecular flexibility index (Phi) is 6.38. The molecule has 8 heteroatoms. The van der Waals surface area contributed by atoms with Crippen LogP contribution < -0.4 is 9.64 Å². The highest BCUT2D eigenvalue weighted by molar-refractivity contribution is 9.10. The average molecular weight is 497 g/mol. The second kappa shape index (κ2) is 9.20. The van der Waals surface area contributed by atoms with Crippen LogP contribution in [-0.4, -0.2) is 33.1 Å². The van der Waals surface area contributed by atoms with E-state index in [0.29, 0.717) is 22.4 Å². The molecular weight excluding hydrogens is 476 g/mol. The molecule has 1 aliphatic rings. The molecule has 0 unspecified atom stereocenters. The quantitative estimate of drug-likeness (QED) is 0.438. The van der Waals surface area contributed by atoms with Gasteiger partial charge in [0.25, 0.3) is 0 Å². The van der Waals surface area contributed by atoms with Crippen molar-refractivity contribution in [3.63, 3.8) is 0 Å². The second-order valence-electron chi connectivity index (χ2n) is 7.00. The fraction of sp³-hybridized carbons (Fsp3) is 0.217. The molecule has 1 amide bonds. The molecule has 2 aromatic carbocycles. The van der Waals surface area contributed by atoms with Crippen molar-refractivity contribution in [1.29, 1.82) is 0 Å². The Hall–Kier alpha value is -2.71. The van der Waals surface area contributed by atoms with Crippen molar-refractivity contribution < 1.29 is 9.53 Å². The summed E-state index contributed by atoms with van der Waals surface area (Å²) in [7, 11) is 0. The number of rotatable bonds is 4. The first-order valence-corrected chi connectivity index (χ1v) is 11.6. The molecule has 0 fully saturated rings. The van der Waals surface area contributed by atoms with Crippen molar-refractivity contribution in [3.8, 4) is 17.1 Å². The summed E-state index contributed by atoms with van der Waals surface area (Å²) in [6.45, 7) is 5.51. The summed E-state index contributed by atoms with van der Waals surface area (Å²) in [6, 6.07) is 15.6. The topological polar surface area (TPSA) is 68.2 Å². The van der Waals surface area contributed by atoms with E-state index in [-0.39, 0.29) is 5.91 Å². The lowest BCUT2D eigenvalue weighted by molar-refractivity contribution is -0.117. The third-order valence-corrected chi connectivity index (χ3v) is 5.98. The second-order valence-corrected chi connectivity index (χ2v) is 9.15. The van der Waals surface area contributed by atoms with Gasteiger partial charge in [0, 0.05) is 17.0 Å². The maximum atomic E-state index is 12.8. The molecule has 2 heterocycles. The van der Waals surface area contributed by atoms with Crippen LogP contribution in [0.4, 0.5) is 5.69 Å². The first kappa shape index (κ1) is 21.5. The highest BCUT2D eigenvalue weighted by Crippen LogP contribution is 2.42. The predicted molar refractivity (Wildman–Crippen MR) is 127 cm³/mol. The van der Waals surface area contributed by atoms with E-state index in [9.17, 15) is 4.79 Å². The van der Waals surface area contributed by atoms with E-state index in [2.05, 4.69) is 31.1 Å². The molecule has 6 nitrogen and oxygen atoms in total. The summed E-state index contributed by atoms with van der Waals surface area (Å²) in [6.07, 6.45) is 1.34. The Morgan fingerprint density at radius 3 is 2.68 bits per heavy atom. The van der Waals surface area contributed by atoms with Crippen LogP contribution in [0.1, 0.15) is 26.3 Å². The van der Waals surface area contributed by atoms with Crippen LogP contribution in [-0.2, 0) is 4.79 Å². The fourth-order valence-electron chi connectivity index (χ4n) is 3.45. The number of carbonyl (C=O) groups excluding carboxylic acids is 1. The number of ether oxygens (including phenoxy) is 1. The van der Waals surface area contributed by atoms with Crippen LogP contribution in [0.25, 0.3) is 17.3 Å². The van der Waals surface area contributed by atoms with Gasteiger partial charge in [-0.25, -0.2) is 0 Å². The van der Waals surface area contributed by atoms with Gasteiger partial charge in [0.1, 0.15) is 0 Å². The van der Waals surface area contributed by atoms with Crippen molar-refractivity contribution in [2.45, 2.75) is 32.2 Å². The Balaban J connectivity index is 1.91. The largest absolute Gasteiger partial charge is 0.447 e. The molecule has 0 radical (unpaired) electrons. The highest BCUT2D eigenvalue weighted by Gasteiger charge is 2.34. The first-order valence-electron chi connectivity index (χ1n) is 9.85. The summed E-state index contributed by atoms with van der Waals surface area (Å²) in [5, 5.41) is 9.20. The maximum absolute atomic E-state index is 12.8. The van der Waals surface area contributed by atoms with E-state index in [1.54, 1.807) is 4.90 Å². The van der Waals surface area contributed by atoms with Crippen molar-refractivity contribution >= 4 is 45.4 Å². The van der Waals surface area contributed by atoms with E-state index in [1.807, 2.05) is 68.5 Å². The minimum Gasteiger partial charge on any atom is -0.447 e. The summed E-state index contributed by atoms with van der Waals surface area (Å²) < 4.78 is 7.23. The first-order chi connectivity index (χ1) is 15.0. The number of benzene rings is 2. The van der Waals surface area contributed by atoms with Gasteiger partial charge in [-0.2, -0.15) is 4.98 Å². The fourth-order valence-corrected chi connectivity index (χ4v) is 4.31. The minimum absolute atomic E-state index is 0.140. The number of hydrogen-bond donors (Lipinski definition) is 0. The molecule has 1 aromatic heterocycles. The molecule has 0 bridgehead atoms. The Morgan fingerprint density at radius 2 is 1.97 bits per heavy atom. The SMILES string of the molecule is CCSc1nnc2c(n1)O[C@@H](/C(C)=C\c1ccccc1)N(C(C)=O)c1ccc(Br)cc1-2. The zero-order valence-electron chi connectivity index (χ0n) is 17.4. The minimum atomic E-state index is -0.671. The molecule has 4 rings (SSSR count). The number of carbonyl (C=O) groups is 1. The van der Waals surface area contributed by atoms with Crippen molar-refractivity contribution in [2.75, 3.05) is 10.7 Å². The monoisotopic (exact) mass is 496 g/mol. The zero-order valence-corrected chi connectivity index (χ0v) is 19.8. The van der Waals surface area contributed by atoms with Crippen molar-refractivity contribution in [1.82, 2.24) is 15.2 Å². The molecule has 0 N–H and O–H groups in total. The Morgan fingerprint density at radius 1 is 1.19 bits per heavy atom. The number of fused-ring (bicyclic) bond motifs is 3. The van der Waals surface area contributed by atoms with E-state index in [1.165, 1.54) is 18.7 Å². The van der Waals surface area contributed by atoms with Crippen molar-refractivity contribution in [3.05, 3.63) is 64.1 Å². The smallest absolute Gasteiger partial charge is 0.247 e. The molecule has 0 aliphatic carbocycles. The summed E-state index contributed by atoms with van der Waals surface area (Å²) >= 11 is 5.01. The molecule has 1 aliphatic heterocycles. The van der Waals surface area contributed by atoms with Gasteiger partial charge in [-0.3, -0.25) is 9.69 Å². The van der Waals surface area contributed by atoms with Gasteiger partial charge in [-0.15, -0.1) is 10.2 Å². The molecular formula is C23H21BrN4O2S. The summed E-state index contributed by atoms with van der Waals surface area (Å²) in [5.41, 5.74) is 3.84. The van der Waals surface area contributed by atoms with Crippen LogP contribution in [0.3, 0.4) is 0 Å². The molecule has 31 heavy (non-hydrogen) atoms. The van der Waals surface area contributed by atoms with Crippen LogP contribution in [0, 0.1) is 0 Å².